The summed E-state index contributed by atoms with van der Waals surface area (Å²) in [4.78, 5) is 6.03. The summed E-state index contributed by atoms with van der Waals surface area (Å²) in [5.41, 5.74) is 8.39. The molecule has 0 aliphatic heterocycles. The zero-order valence-electron chi connectivity index (χ0n) is 9.56. The van der Waals surface area contributed by atoms with E-state index in [2.05, 4.69) is 10.1 Å². The predicted molar refractivity (Wildman–Crippen MR) is 63.2 cm³/mol. The van der Waals surface area contributed by atoms with Crippen LogP contribution in [0.3, 0.4) is 0 Å². The van der Waals surface area contributed by atoms with Gasteiger partial charge in [0.05, 0.1) is 5.56 Å². The summed E-state index contributed by atoms with van der Waals surface area (Å²) in [5, 5.41) is 3.85. The lowest BCUT2D eigenvalue weighted by Crippen LogP contribution is -2.10. The first-order valence-electron chi connectivity index (χ1n) is 4.95. The van der Waals surface area contributed by atoms with E-state index in [1.165, 1.54) is 0 Å². The molecule has 1 aromatic carbocycles. The highest BCUT2D eigenvalue weighted by atomic mass is 16.5. The first-order valence-corrected chi connectivity index (χ1v) is 4.95. The fourth-order valence-corrected chi connectivity index (χ4v) is 1.36. The Labute approximate surface area is 93.9 Å². The number of nitrogen functional groups attached to an aromatic ring is 1. The number of aromatic nitrogens is 2. The van der Waals surface area contributed by atoms with Crippen LogP contribution >= 0.6 is 0 Å². The molecule has 1 heterocycles. The zero-order valence-corrected chi connectivity index (χ0v) is 9.56. The number of anilines is 2. The van der Waals surface area contributed by atoms with E-state index in [4.69, 9.17) is 10.3 Å². The van der Waals surface area contributed by atoms with Gasteiger partial charge in [0.25, 0.3) is 11.8 Å². The average molecular weight is 218 g/mol. The van der Waals surface area contributed by atoms with E-state index < -0.39 is 0 Å². The second-order valence-corrected chi connectivity index (χ2v) is 3.88. The van der Waals surface area contributed by atoms with Crippen molar-refractivity contribution in [3.8, 4) is 11.5 Å². The Kier molecular flexibility index (Phi) is 2.52. The first kappa shape index (κ1) is 10.5. The van der Waals surface area contributed by atoms with Gasteiger partial charge >= 0.3 is 0 Å². The van der Waals surface area contributed by atoms with Crippen LogP contribution in [0.4, 0.5) is 11.6 Å². The van der Waals surface area contributed by atoms with E-state index in [0.717, 1.165) is 11.1 Å². The number of hydrogen-bond acceptors (Lipinski definition) is 5. The number of aryl methyl sites for hydroxylation is 1. The van der Waals surface area contributed by atoms with Crippen LogP contribution in [0.5, 0.6) is 0 Å². The number of nitrogens with zero attached hydrogens (tertiary/aromatic N) is 3. The van der Waals surface area contributed by atoms with Crippen molar-refractivity contribution in [2.75, 3.05) is 24.7 Å². The lowest BCUT2D eigenvalue weighted by molar-refractivity contribution is 0.431. The van der Waals surface area contributed by atoms with Crippen LogP contribution in [0.2, 0.25) is 0 Å². The number of nitrogens with two attached hydrogens (primary N) is 1. The second kappa shape index (κ2) is 3.84. The van der Waals surface area contributed by atoms with Gasteiger partial charge in [0.1, 0.15) is 0 Å². The third-order valence-electron chi connectivity index (χ3n) is 2.25. The molecule has 0 aliphatic carbocycles. The molecule has 0 atom stereocenters. The molecule has 0 unspecified atom stereocenters. The fraction of sp³-hybridized carbons (Fsp3) is 0.273. The largest absolute Gasteiger partial charge is 0.398 e. The van der Waals surface area contributed by atoms with E-state index in [1.54, 1.807) is 4.90 Å². The molecule has 16 heavy (non-hydrogen) atoms. The molecule has 0 bridgehead atoms. The minimum atomic E-state index is 0.449. The quantitative estimate of drug-likeness (QED) is 0.777. The van der Waals surface area contributed by atoms with Gasteiger partial charge in [-0.2, -0.15) is 4.98 Å². The molecule has 1 aromatic heterocycles. The van der Waals surface area contributed by atoms with Crippen LogP contribution < -0.4 is 10.6 Å². The van der Waals surface area contributed by atoms with Crippen LogP contribution in [0.25, 0.3) is 11.5 Å². The van der Waals surface area contributed by atoms with Gasteiger partial charge in [-0.3, -0.25) is 0 Å². The second-order valence-electron chi connectivity index (χ2n) is 3.88. The Morgan fingerprint density at radius 2 is 2.06 bits per heavy atom. The van der Waals surface area contributed by atoms with Gasteiger partial charge in [-0.15, -0.1) is 0 Å². The SMILES string of the molecule is Cc1ccc(N)c(-c2nc(N(C)C)no2)c1. The molecule has 84 valence electrons. The highest BCUT2D eigenvalue weighted by Crippen LogP contribution is 2.26. The standard InChI is InChI=1S/C11H14N4O/c1-7-4-5-9(12)8(6-7)10-13-11(14-16-10)15(2)3/h4-6H,12H2,1-3H3. The van der Waals surface area contributed by atoms with Gasteiger partial charge in [0, 0.05) is 19.8 Å². The van der Waals surface area contributed by atoms with Crippen molar-refractivity contribution in [2.45, 2.75) is 6.92 Å². The number of hydrogen-bond donors (Lipinski definition) is 1. The van der Waals surface area contributed by atoms with Crippen molar-refractivity contribution in [3.05, 3.63) is 23.8 Å². The van der Waals surface area contributed by atoms with Crippen LogP contribution in [-0.2, 0) is 0 Å². The van der Waals surface area contributed by atoms with Crippen molar-refractivity contribution >= 4 is 11.6 Å². The van der Waals surface area contributed by atoms with Crippen LogP contribution in [0, 0.1) is 6.92 Å². The summed E-state index contributed by atoms with van der Waals surface area (Å²) in [7, 11) is 3.71. The smallest absolute Gasteiger partial charge is 0.265 e. The zero-order chi connectivity index (χ0) is 11.7. The van der Waals surface area contributed by atoms with Gasteiger partial charge in [0.2, 0.25) is 0 Å². The van der Waals surface area contributed by atoms with E-state index >= 15 is 0 Å². The Hall–Kier alpha value is -2.04. The van der Waals surface area contributed by atoms with Crippen molar-refractivity contribution in [1.82, 2.24) is 10.1 Å². The molecule has 0 spiro atoms. The van der Waals surface area contributed by atoms with Gasteiger partial charge in [-0.25, -0.2) is 0 Å². The number of rotatable bonds is 2. The molecule has 0 radical (unpaired) electrons. The maximum absolute atomic E-state index is 5.87. The monoisotopic (exact) mass is 218 g/mol. The predicted octanol–water partition coefficient (Wildman–Crippen LogP) is 1.69. The molecular weight excluding hydrogens is 204 g/mol. The average Bonchev–Trinajstić information content (AvgIpc) is 2.70. The highest BCUT2D eigenvalue weighted by molar-refractivity contribution is 5.71. The molecule has 0 fully saturated rings. The van der Waals surface area contributed by atoms with E-state index in [1.807, 2.05) is 39.2 Å². The van der Waals surface area contributed by atoms with Crippen molar-refractivity contribution in [3.63, 3.8) is 0 Å². The molecule has 2 rings (SSSR count). The molecule has 2 aromatic rings. The van der Waals surface area contributed by atoms with E-state index in [0.29, 0.717) is 17.5 Å². The maximum Gasteiger partial charge on any atom is 0.265 e. The van der Waals surface area contributed by atoms with Crippen LogP contribution in [-0.4, -0.2) is 24.2 Å². The molecule has 0 saturated heterocycles. The lowest BCUT2D eigenvalue weighted by Gasteiger charge is -2.03. The number of benzene rings is 1. The maximum atomic E-state index is 5.87. The molecule has 0 saturated carbocycles. The minimum Gasteiger partial charge on any atom is -0.398 e. The van der Waals surface area contributed by atoms with Gasteiger partial charge in [0.15, 0.2) is 0 Å². The normalized spacial score (nSPS) is 10.4. The summed E-state index contributed by atoms with van der Waals surface area (Å²) in [6.45, 7) is 1.99. The third kappa shape index (κ3) is 1.84. The molecule has 0 amide bonds. The van der Waals surface area contributed by atoms with Crippen LogP contribution in [0.15, 0.2) is 22.7 Å². The third-order valence-corrected chi connectivity index (χ3v) is 2.25. The first-order chi connectivity index (χ1) is 7.58. The Balaban J connectivity index is 2.46. The van der Waals surface area contributed by atoms with Gasteiger partial charge < -0.3 is 15.2 Å². The summed E-state index contributed by atoms with van der Waals surface area (Å²) >= 11 is 0. The summed E-state index contributed by atoms with van der Waals surface area (Å²) < 4.78 is 5.17. The summed E-state index contributed by atoms with van der Waals surface area (Å²) in [5.74, 6) is 0.987. The van der Waals surface area contributed by atoms with Gasteiger partial charge in [-0.05, 0) is 24.2 Å². The Morgan fingerprint density at radius 1 is 1.31 bits per heavy atom. The molecule has 5 heteroatoms. The highest BCUT2D eigenvalue weighted by Gasteiger charge is 2.12. The topological polar surface area (TPSA) is 68.2 Å². The summed E-state index contributed by atoms with van der Waals surface area (Å²) in [6, 6.07) is 5.72. The molecule has 2 N–H and O–H groups in total. The van der Waals surface area contributed by atoms with Crippen molar-refractivity contribution < 1.29 is 4.52 Å². The van der Waals surface area contributed by atoms with E-state index in [-0.39, 0.29) is 0 Å². The van der Waals surface area contributed by atoms with Crippen LogP contribution in [0.1, 0.15) is 5.56 Å². The Bertz CT molecular complexity index is 504. The lowest BCUT2D eigenvalue weighted by atomic mass is 10.1. The molecule has 0 aliphatic rings. The summed E-state index contributed by atoms with van der Waals surface area (Å²) in [6.07, 6.45) is 0. The molecular formula is C11H14N4O. The van der Waals surface area contributed by atoms with Crippen molar-refractivity contribution in [1.29, 1.82) is 0 Å². The fourth-order valence-electron chi connectivity index (χ4n) is 1.36. The molecule has 5 nitrogen and oxygen atoms in total. The van der Waals surface area contributed by atoms with Crippen molar-refractivity contribution in [2.24, 2.45) is 0 Å². The van der Waals surface area contributed by atoms with Gasteiger partial charge in [-0.1, -0.05) is 11.6 Å². The minimum absolute atomic E-state index is 0.449. The van der Waals surface area contributed by atoms with E-state index in [9.17, 15) is 0 Å². The Morgan fingerprint density at radius 3 is 2.69 bits per heavy atom.